The van der Waals surface area contributed by atoms with Crippen molar-refractivity contribution in [1.29, 1.82) is 0 Å². The molecule has 1 N–H and O–H groups in total. The van der Waals surface area contributed by atoms with Crippen LogP contribution in [0.3, 0.4) is 0 Å². The lowest BCUT2D eigenvalue weighted by Crippen LogP contribution is -2.38. The zero-order valence-corrected chi connectivity index (χ0v) is 13.7. The Bertz CT molecular complexity index is 469. The molecule has 0 amide bonds. The Hall–Kier alpha value is -0.860. The van der Waals surface area contributed by atoms with Crippen molar-refractivity contribution in [3.05, 3.63) is 34.9 Å². The second kappa shape index (κ2) is 6.93. The number of fused-ring (bicyclic) bond motifs is 1. The molecule has 1 aliphatic carbocycles. The van der Waals surface area contributed by atoms with Crippen LogP contribution in [-0.4, -0.2) is 31.6 Å². The summed E-state index contributed by atoms with van der Waals surface area (Å²) in [5.41, 5.74) is 4.66. The number of piperidine rings is 1. The van der Waals surface area contributed by atoms with Gasteiger partial charge in [0.05, 0.1) is 0 Å². The van der Waals surface area contributed by atoms with Crippen LogP contribution in [0.5, 0.6) is 0 Å². The van der Waals surface area contributed by atoms with Crippen molar-refractivity contribution in [2.75, 3.05) is 26.7 Å². The van der Waals surface area contributed by atoms with Crippen molar-refractivity contribution in [3.8, 4) is 0 Å². The smallest absolute Gasteiger partial charge is 0.0292 e. The average Bonchev–Trinajstić information content (AvgIpc) is 2.52. The lowest BCUT2D eigenvalue weighted by Gasteiger charge is -2.31. The van der Waals surface area contributed by atoms with Gasteiger partial charge < -0.3 is 10.2 Å². The Balaban J connectivity index is 1.56. The maximum absolute atomic E-state index is 3.77. The van der Waals surface area contributed by atoms with E-state index < -0.39 is 0 Å². The number of hydrogen-bond acceptors (Lipinski definition) is 2. The van der Waals surface area contributed by atoms with Crippen molar-refractivity contribution in [2.45, 2.75) is 51.5 Å². The Labute approximate surface area is 129 Å². The Morgan fingerprint density at radius 2 is 2.00 bits per heavy atom. The summed E-state index contributed by atoms with van der Waals surface area (Å²) in [5, 5.41) is 3.77. The zero-order chi connectivity index (χ0) is 14.7. The second-order valence-electron chi connectivity index (χ2n) is 7.14. The number of hydrogen-bond donors (Lipinski definition) is 1. The van der Waals surface area contributed by atoms with Crippen molar-refractivity contribution < 1.29 is 0 Å². The van der Waals surface area contributed by atoms with Gasteiger partial charge in [0.25, 0.3) is 0 Å². The molecule has 2 nitrogen and oxygen atoms in total. The normalized spacial score (nSPS) is 24.6. The zero-order valence-electron chi connectivity index (χ0n) is 13.7. The van der Waals surface area contributed by atoms with Gasteiger partial charge in [-0.1, -0.05) is 18.2 Å². The van der Waals surface area contributed by atoms with Gasteiger partial charge in [-0.05, 0) is 88.2 Å². The molecular formula is C19H30N2. The molecule has 1 aromatic carbocycles. The molecule has 2 heteroatoms. The van der Waals surface area contributed by atoms with E-state index in [9.17, 15) is 0 Å². The highest BCUT2D eigenvalue weighted by Gasteiger charge is 2.18. The first kappa shape index (κ1) is 15.1. The van der Waals surface area contributed by atoms with Gasteiger partial charge >= 0.3 is 0 Å². The molecule has 1 saturated heterocycles. The lowest BCUT2D eigenvalue weighted by molar-refractivity contribution is 0.203. The minimum atomic E-state index is 0.476. The monoisotopic (exact) mass is 286 g/mol. The van der Waals surface area contributed by atoms with Crippen molar-refractivity contribution in [3.63, 3.8) is 0 Å². The molecule has 2 unspecified atom stereocenters. The van der Waals surface area contributed by atoms with Gasteiger partial charge in [0.15, 0.2) is 0 Å². The van der Waals surface area contributed by atoms with Crippen LogP contribution in [0.2, 0.25) is 0 Å². The van der Waals surface area contributed by atoms with Crippen LogP contribution in [0.1, 0.15) is 55.3 Å². The fraction of sp³-hybridized carbons (Fsp3) is 0.684. The molecule has 3 rings (SSSR count). The number of likely N-dealkylation sites (tertiary alicyclic amines) is 1. The summed E-state index contributed by atoms with van der Waals surface area (Å²) in [7, 11) is 2.25. The minimum absolute atomic E-state index is 0.476. The summed E-state index contributed by atoms with van der Waals surface area (Å²) < 4.78 is 0. The molecule has 21 heavy (non-hydrogen) atoms. The molecule has 0 spiro atoms. The summed E-state index contributed by atoms with van der Waals surface area (Å²) in [6, 6.07) is 7.65. The van der Waals surface area contributed by atoms with Crippen LogP contribution in [0, 0.1) is 5.92 Å². The first-order chi connectivity index (χ1) is 10.2. The molecule has 0 bridgehead atoms. The van der Waals surface area contributed by atoms with Crippen molar-refractivity contribution in [1.82, 2.24) is 10.2 Å². The van der Waals surface area contributed by atoms with E-state index in [4.69, 9.17) is 0 Å². The summed E-state index contributed by atoms with van der Waals surface area (Å²) >= 11 is 0. The van der Waals surface area contributed by atoms with Gasteiger partial charge in [-0.2, -0.15) is 0 Å². The van der Waals surface area contributed by atoms with Gasteiger partial charge in [-0.3, -0.25) is 0 Å². The van der Waals surface area contributed by atoms with E-state index in [1.807, 2.05) is 0 Å². The number of aryl methyl sites for hydroxylation is 2. The second-order valence-corrected chi connectivity index (χ2v) is 7.14. The first-order valence-corrected chi connectivity index (χ1v) is 8.76. The predicted molar refractivity (Wildman–Crippen MR) is 89.7 cm³/mol. The van der Waals surface area contributed by atoms with Crippen LogP contribution in [-0.2, 0) is 12.8 Å². The van der Waals surface area contributed by atoms with Crippen molar-refractivity contribution in [2.24, 2.45) is 5.92 Å². The van der Waals surface area contributed by atoms with E-state index in [2.05, 4.69) is 42.4 Å². The van der Waals surface area contributed by atoms with Crippen LogP contribution in [0.4, 0.5) is 0 Å². The van der Waals surface area contributed by atoms with Crippen LogP contribution in [0.15, 0.2) is 18.2 Å². The highest BCUT2D eigenvalue weighted by molar-refractivity contribution is 5.35. The van der Waals surface area contributed by atoms with E-state index in [-0.39, 0.29) is 0 Å². The molecule has 2 aliphatic rings. The van der Waals surface area contributed by atoms with Crippen LogP contribution in [0.25, 0.3) is 0 Å². The van der Waals surface area contributed by atoms with Crippen molar-refractivity contribution >= 4 is 0 Å². The molecule has 2 atom stereocenters. The lowest BCUT2D eigenvalue weighted by atomic mass is 9.89. The predicted octanol–water partition coefficient (Wildman–Crippen LogP) is 3.56. The Morgan fingerprint density at radius 1 is 1.19 bits per heavy atom. The highest BCUT2D eigenvalue weighted by atomic mass is 15.1. The Morgan fingerprint density at radius 3 is 2.81 bits per heavy atom. The van der Waals surface area contributed by atoms with Crippen LogP contribution < -0.4 is 5.32 Å². The number of rotatable bonds is 4. The quantitative estimate of drug-likeness (QED) is 0.910. The van der Waals surface area contributed by atoms with Gasteiger partial charge in [0, 0.05) is 12.6 Å². The van der Waals surface area contributed by atoms with Crippen LogP contribution >= 0.6 is 0 Å². The van der Waals surface area contributed by atoms with Gasteiger partial charge in [-0.25, -0.2) is 0 Å². The molecule has 0 aromatic heterocycles. The third kappa shape index (κ3) is 3.87. The Kier molecular flexibility index (Phi) is 4.97. The minimum Gasteiger partial charge on any atom is -0.310 e. The fourth-order valence-electron chi connectivity index (χ4n) is 3.92. The topological polar surface area (TPSA) is 15.3 Å². The third-order valence-electron chi connectivity index (χ3n) is 5.31. The fourth-order valence-corrected chi connectivity index (χ4v) is 3.92. The molecule has 1 aromatic rings. The van der Waals surface area contributed by atoms with E-state index >= 15 is 0 Å². The van der Waals surface area contributed by atoms with Gasteiger partial charge in [0.2, 0.25) is 0 Å². The standard InChI is InChI=1S/C19H30N2/c1-15(20-13-16-6-5-11-21(2)14-16)18-10-9-17-7-3-4-8-19(17)12-18/h9-10,12,15-16,20H,3-8,11,13-14H2,1-2H3. The molecule has 0 radical (unpaired) electrons. The number of nitrogens with one attached hydrogen (secondary N) is 1. The largest absolute Gasteiger partial charge is 0.310 e. The molecule has 1 heterocycles. The van der Waals surface area contributed by atoms with E-state index in [0.717, 1.165) is 12.5 Å². The summed E-state index contributed by atoms with van der Waals surface area (Å²) in [6.07, 6.45) is 8.04. The van der Waals surface area contributed by atoms with E-state index in [1.165, 1.54) is 57.2 Å². The molecular weight excluding hydrogens is 256 g/mol. The SMILES string of the molecule is CC(NCC1CCCN(C)C1)c1ccc2c(c1)CCCC2. The third-order valence-corrected chi connectivity index (χ3v) is 5.31. The maximum Gasteiger partial charge on any atom is 0.0292 e. The first-order valence-electron chi connectivity index (χ1n) is 8.76. The number of benzene rings is 1. The van der Waals surface area contributed by atoms with Gasteiger partial charge in [0.1, 0.15) is 0 Å². The van der Waals surface area contributed by atoms with Gasteiger partial charge in [-0.15, -0.1) is 0 Å². The maximum atomic E-state index is 3.77. The highest BCUT2D eigenvalue weighted by Crippen LogP contribution is 2.25. The molecule has 1 aliphatic heterocycles. The van der Waals surface area contributed by atoms with E-state index in [1.54, 1.807) is 11.1 Å². The summed E-state index contributed by atoms with van der Waals surface area (Å²) in [5.74, 6) is 0.823. The van der Waals surface area contributed by atoms with E-state index in [0.29, 0.717) is 6.04 Å². The molecule has 116 valence electrons. The summed E-state index contributed by atoms with van der Waals surface area (Å²) in [4.78, 5) is 2.47. The average molecular weight is 286 g/mol. The molecule has 0 saturated carbocycles. The molecule has 1 fully saturated rings. The number of nitrogens with zero attached hydrogens (tertiary/aromatic N) is 1. The summed E-state index contributed by atoms with van der Waals surface area (Å²) in [6.45, 7) is 6.00.